The molecule has 31 heavy (non-hydrogen) atoms. The average Bonchev–Trinajstić information content (AvgIpc) is 3.16. The third-order valence-electron chi connectivity index (χ3n) is 4.48. The molecule has 0 radical (unpaired) electrons. The summed E-state index contributed by atoms with van der Waals surface area (Å²) in [6.45, 7) is 0.350. The average molecular weight is 476 g/mol. The normalized spacial score (nSPS) is 10.9. The predicted octanol–water partition coefficient (Wildman–Crippen LogP) is 7.25. The Hall–Kier alpha value is -2.73. The van der Waals surface area contributed by atoms with E-state index in [0.717, 1.165) is 0 Å². The molecule has 0 unspecified atom stereocenters. The summed E-state index contributed by atoms with van der Waals surface area (Å²) in [7, 11) is 0. The molecule has 3 aromatic carbocycles. The number of ether oxygens (including phenoxy) is 1. The molecular weight excluding hydrogens is 459 g/mol. The van der Waals surface area contributed by atoms with Gasteiger partial charge >= 0.3 is 0 Å². The smallest absolute Gasteiger partial charge is 0.229 e. The SMILES string of the molecule is O=C(CCCOc1ccc(Cl)cc1Cl)Nc1ccccc1-c1nc2cc(Cl)ccc2o1. The van der Waals surface area contributed by atoms with Crippen molar-refractivity contribution < 1.29 is 13.9 Å². The maximum atomic E-state index is 12.5. The molecule has 8 heteroatoms. The first kappa shape index (κ1) is 21.5. The first-order valence-corrected chi connectivity index (χ1v) is 10.7. The summed E-state index contributed by atoms with van der Waals surface area (Å²) in [5.74, 6) is 0.805. The third-order valence-corrected chi connectivity index (χ3v) is 5.25. The number of aromatic nitrogens is 1. The number of carbonyl (C=O) groups excluding carboxylic acids is 1. The highest BCUT2D eigenvalue weighted by Gasteiger charge is 2.14. The van der Waals surface area contributed by atoms with Gasteiger partial charge < -0.3 is 14.5 Å². The summed E-state index contributed by atoms with van der Waals surface area (Å²) < 4.78 is 11.5. The van der Waals surface area contributed by atoms with Crippen LogP contribution in [0.1, 0.15) is 12.8 Å². The van der Waals surface area contributed by atoms with Crippen LogP contribution in [0.3, 0.4) is 0 Å². The standard InChI is InChI=1S/C23H17Cl3N2O3/c24-14-7-9-20(17(26)12-14)30-11-3-6-22(29)27-18-5-2-1-4-16(18)23-28-19-13-15(25)8-10-21(19)31-23/h1-2,4-5,7-10,12-13H,3,6,11H2,(H,27,29). The molecule has 5 nitrogen and oxygen atoms in total. The van der Waals surface area contributed by atoms with Crippen molar-refractivity contribution in [3.05, 3.63) is 75.7 Å². The van der Waals surface area contributed by atoms with Crippen molar-refractivity contribution in [2.24, 2.45) is 0 Å². The third kappa shape index (κ3) is 5.31. The summed E-state index contributed by atoms with van der Waals surface area (Å²) >= 11 is 18.0. The molecule has 0 bridgehead atoms. The molecule has 1 heterocycles. The van der Waals surface area contributed by atoms with Crippen LogP contribution in [0.2, 0.25) is 15.1 Å². The Morgan fingerprint density at radius 1 is 1.00 bits per heavy atom. The molecule has 4 rings (SSSR count). The van der Waals surface area contributed by atoms with Crippen LogP contribution in [0.15, 0.2) is 65.1 Å². The van der Waals surface area contributed by atoms with Crippen molar-refractivity contribution in [2.45, 2.75) is 12.8 Å². The summed E-state index contributed by atoms with van der Waals surface area (Å²) in [6.07, 6.45) is 0.803. The van der Waals surface area contributed by atoms with Crippen LogP contribution in [0.4, 0.5) is 5.69 Å². The molecule has 0 saturated heterocycles. The topological polar surface area (TPSA) is 64.4 Å². The first-order valence-electron chi connectivity index (χ1n) is 9.53. The zero-order valence-electron chi connectivity index (χ0n) is 16.2. The Morgan fingerprint density at radius 3 is 2.61 bits per heavy atom. The van der Waals surface area contributed by atoms with E-state index >= 15 is 0 Å². The number of nitrogens with one attached hydrogen (secondary N) is 1. The molecule has 0 spiro atoms. The first-order chi connectivity index (χ1) is 15.0. The second-order valence-electron chi connectivity index (χ2n) is 6.75. The van der Waals surface area contributed by atoms with E-state index in [1.807, 2.05) is 18.2 Å². The Balaban J connectivity index is 1.38. The van der Waals surface area contributed by atoms with E-state index in [-0.39, 0.29) is 12.3 Å². The van der Waals surface area contributed by atoms with Gasteiger partial charge in [-0.1, -0.05) is 46.9 Å². The quantitative estimate of drug-likeness (QED) is 0.286. The number of nitrogens with zero attached hydrogens (tertiary/aromatic N) is 1. The minimum absolute atomic E-state index is 0.141. The Labute approximate surface area is 193 Å². The molecule has 1 amide bonds. The van der Waals surface area contributed by atoms with E-state index < -0.39 is 0 Å². The highest BCUT2D eigenvalue weighted by atomic mass is 35.5. The number of fused-ring (bicyclic) bond motifs is 1. The van der Waals surface area contributed by atoms with Gasteiger partial charge in [0.25, 0.3) is 0 Å². The van der Waals surface area contributed by atoms with Crippen LogP contribution >= 0.6 is 34.8 Å². The van der Waals surface area contributed by atoms with Gasteiger partial charge in [0.15, 0.2) is 5.58 Å². The molecule has 4 aromatic rings. The fourth-order valence-corrected chi connectivity index (χ4v) is 3.64. The fourth-order valence-electron chi connectivity index (χ4n) is 3.01. The number of hydrogen-bond donors (Lipinski definition) is 1. The van der Waals surface area contributed by atoms with Crippen LogP contribution < -0.4 is 10.1 Å². The monoisotopic (exact) mass is 474 g/mol. The van der Waals surface area contributed by atoms with Gasteiger partial charge in [0, 0.05) is 16.5 Å². The van der Waals surface area contributed by atoms with E-state index in [1.54, 1.807) is 42.5 Å². The van der Waals surface area contributed by atoms with Crippen LogP contribution in [0.25, 0.3) is 22.6 Å². The van der Waals surface area contributed by atoms with Gasteiger partial charge in [-0.15, -0.1) is 0 Å². The minimum atomic E-state index is -0.141. The fraction of sp³-hybridized carbons (Fsp3) is 0.130. The van der Waals surface area contributed by atoms with Gasteiger partial charge in [-0.25, -0.2) is 4.98 Å². The number of carbonyl (C=O) groups is 1. The van der Waals surface area contributed by atoms with Gasteiger partial charge in [-0.3, -0.25) is 4.79 Å². The zero-order chi connectivity index (χ0) is 21.8. The summed E-state index contributed by atoms with van der Waals surface area (Å²) in [6, 6.07) is 17.6. The van der Waals surface area contributed by atoms with Crippen molar-refractivity contribution in [1.82, 2.24) is 4.98 Å². The molecule has 1 N–H and O–H groups in total. The highest BCUT2D eigenvalue weighted by Crippen LogP contribution is 2.31. The zero-order valence-corrected chi connectivity index (χ0v) is 18.5. The number of benzene rings is 3. The number of rotatable bonds is 7. The van der Waals surface area contributed by atoms with E-state index in [9.17, 15) is 4.79 Å². The number of oxazole rings is 1. The van der Waals surface area contributed by atoms with E-state index in [4.69, 9.17) is 44.0 Å². The van der Waals surface area contributed by atoms with Gasteiger partial charge in [0.2, 0.25) is 11.8 Å². The van der Waals surface area contributed by atoms with Crippen LogP contribution in [-0.2, 0) is 4.79 Å². The van der Waals surface area contributed by atoms with Crippen molar-refractivity contribution in [1.29, 1.82) is 0 Å². The number of amides is 1. The minimum Gasteiger partial charge on any atom is -0.492 e. The number of para-hydroxylation sites is 1. The lowest BCUT2D eigenvalue weighted by Gasteiger charge is -2.10. The van der Waals surface area contributed by atoms with Gasteiger partial charge in [-0.2, -0.15) is 0 Å². The van der Waals surface area contributed by atoms with Crippen molar-refractivity contribution >= 4 is 57.5 Å². The van der Waals surface area contributed by atoms with Crippen LogP contribution in [0, 0.1) is 0 Å². The van der Waals surface area contributed by atoms with E-state index in [1.165, 1.54) is 0 Å². The lowest BCUT2D eigenvalue weighted by atomic mass is 10.1. The summed E-state index contributed by atoms with van der Waals surface area (Å²) in [5, 5.41) is 4.47. The molecular formula is C23H17Cl3N2O3. The second-order valence-corrected chi connectivity index (χ2v) is 8.03. The summed E-state index contributed by atoms with van der Waals surface area (Å²) in [4.78, 5) is 16.9. The number of halogens is 3. The Morgan fingerprint density at radius 2 is 1.77 bits per heavy atom. The van der Waals surface area contributed by atoms with Crippen molar-refractivity contribution in [2.75, 3.05) is 11.9 Å². The maximum absolute atomic E-state index is 12.5. The molecule has 0 aliphatic rings. The van der Waals surface area contributed by atoms with E-state index in [2.05, 4.69) is 10.3 Å². The molecule has 0 atom stereocenters. The molecule has 0 saturated carbocycles. The number of hydrogen-bond acceptors (Lipinski definition) is 4. The largest absolute Gasteiger partial charge is 0.492 e. The predicted molar refractivity (Wildman–Crippen MR) is 124 cm³/mol. The lowest BCUT2D eigenvalue weighted by Crippen LogP contribution is -2.13. The number of anilines is 1. The molecule has 0 aliphatic heterocycles. The van der Waals surface area contributed by atoms with Gasteiger partial charge in [0.05, 0.1) is 22.9 Å². The van der Waals surface area contributed by atoms with Crippen LogP contribution in [-0.4, -0.2) is 17.5 Å². The molecule has 0 fully saturated rings. The molecule has 1 aromatic heterocycles. The van der Waals surface area contributed by atoms with Gasteiger partial charge in [0.1, 0.15) is 11.3 Å². The Bertz CT molecular complexity index is 1240. The summed E-state index contributed by atoms with van der Waals surface area (Å²) in [5.41, 5.74) is 2.58. The van der Waals surface area contributed by atoms with E-state index in [0.29, 0.717) is 62.1 Å². The molecule has 0 aliphatic carbocycles. The van der Waals surface area contributed by atoms with Crippen molar-refractivity contribution in [3.8, 4) is 17.2 Å². The van der Waals surface area contributed by atoms with Crippen LogP contribution in [0.5, 0.6) is 5.75 Å². The van der Waals surface area contributed by atoms with Gasteiger partial charge in [-0.05, 0) is 55.0 Å². The highest BCUT2D eigenvalue weighted by molar-refractivity contribution is 6.35. The lowest BCUT2D eigenvalue weighted by molar-refractivity contribution is -0.116. The Kier molecular flexibility index (Phi) is 6.66. The molecule has 158 valence electrons. The maximum Gasteiger partial charge on any atom is 0.229 e. The second kappa shape index (κ2) is 9.60. The van der Waals surface area contributed by atoms with Crippen molar-refractivity contribution in [3.63, 3.8) is 0 Å².